The van der Waals surface area contributed by atoms with Gasteiger partial charge in [0.2, 0.25) is 0 Å². The van der Waals surface area contributed by atoms with E-state index < -0.39 is 12.2 Å². The Balaban J connectivity index is 1.66. The third-order valence-electron chi connectivity index (χ3n) is 5.11. The minimum Gasteiger partial charge on any atom is -0.508 e. The summed E-state index contributed by atoms with van der Waals surface area (Å²) < 4.78 is 12.0. The lowest BCUT2D eigenvalue weighted by Crippen LogP contribution is -2.33. The Bertz CT molecular complexity index is 1110. The summed E-state index contributed by atoms with van der Waals surface area (Å²) in [7, 11) is 0. The van der Waals surface area contributed by atoms with Crippen molar-refractivity contribution in [3.05, 3.63) is 65.2 Å². The number of phenols is 4. The first-order valence-corrected chi connectivity index (χ1v) is 9.49. The maximum atomic E-state index is 10.3. The first-order chi connectivity index (χ1) is 15.4. The van der Waals surface area contributed by atoms with Gasteiger partial charge in [-0.2, -0.15) is 0 Å². The Hall–Kier alpha value is -3.86. The summed E-state index contributed by atoms with van der Waals surface area (Å²) in [4.78, 5) is 8.40. The van der Waals surface area contributed by atoms with Gasteiger partial charge in [-0.05, 0) is 35.4 Å². The van der Waals surface area contributed by atoms with Crippen molar-refractivity contribution in [2.45, 2.75) is 25.2 Å². The molecule has 0 fully saturated rings. The van der Waals surface area contributed by atoms with Crippen LogP contribution in [0.15, 0.2) is 48.5 Å². The summed E-state index contributed by atoms with van der Waals surface area (Å²) in [5.74, 6) is -0.673. The number of hydrogen-bond acceptors (Lipinski definition) is 10. The predicted octanol–water partition coefficient (Wildman–Crippen LogP) is 3.47. The number of ether oxygens (including phenoxy) is 2. The Morgan fingerprint density at radius 1 is 0.812 bits per heavy atom. The van der Waals surface area contributed by atoms with E-state index in [-0.39, 0.29) is 53.3 Å². The van der Waals surface area contributed by atoms with Crippen molar-refractivity contribution in [3.8, 4) is 40.2 Å². The molecule has 32 heavy (non-hydrogen) atoms. The molecule has 10 nitrogen and oxygen atoms in total. The van der Waals surface area contributed by atoms with Crippen molar-refractivity contribution in [1.29, 1.82) is 0 Å². The Morgan fingerprint density at radius 2 is 1.53 bits per heavy atom. The molecule has 6 N–H and O–H groups in total. The second kappa shape index (κ2) is 8.71. The monoisotopic (exact) mass is 444 g/mol. The van der Waals surface area contributed by atoms with Gasteiger partial charge in [-0.3, -0.25) is 0 Å². The van der Waals surface area contributed by atoms with Gasteiger partial charge in [0.05, 0.1) is 6.61 Å². The lowest BCUT2D eigenvalue weighted by Gasteiger charge is -2.34. The van der Waals surface area contributed by atoms with Crippen LogP contribution in [-0.4, -0.2) is 37.0 Å². The minimum absolute atomic E-state index is 0.0175. The average molecular weight is 444 g/mol. The van der Waals surface area contributed by atoms with Crippen LogP contribution in [0, 0.1) is 0 Å². The van der Waals surface area contributed by atoms with E-state index in [1.807, 2.05) is 0 Å². The fraction of sp³-hybridized carbons (Fsp3) is 0.182. The summed E-state index contributed by atoms with van der Waals surface area (Å²) in [6.07, 6.45) is -1.23. The van der Waals surface area contributed by atoms with Crippen LogP contribution in [0.2, 0.25) is 0 Å². The molecule has 3 aromatic carbocycles. The van der Waals surface area contributed by atoms with Crippen LogP contribution in [0.3, 0.4) is 0 Å². The van der Waals surface area contributed by atoms with Crippen molar-refractivity contribution >= 4 is 0 Å². The molecule has 3 aromatic rings. The highest BCUT2D eigenvalue weighted by molar-refractivity contribution is 5.52. The molecule has 0 spiro atoms. The van der Waals surface area contributed by atoms with Crippen LogP contribution in [-0.2, 0) is 17.8 Å². The lowest BCUT2D eigenvalue weighted by molar-refractivity contribution is -0.145. The lowest BCUT2D eigenvalue weighted by atomic mass is 9.93. The van der Waals surface area contributed by atoms with E-state index in [2.05, 4.69) is 9.78 Å². The molecule has 4 rings (SSSR count). The van der Waals surface area contributed by atoms with Gasteiger partial charge in [0.1, 0.15) is 23.4 Å². The van der Waals surface area contributed by atoms with Gasteiger partial charge in [-0.25, -0.2) is 10.5 Å². The molecule has 0 saturated carbocycles. The Labute approximate surface area is 181 Å². The maximum absolute atomic E-state index is 10.3. The van der Waals surface area contributed by atoms with Crippen molar-refractivity contribution in [1.82, 2.24) is 0 Å². The second-order valence-electron chi connectivity index (χ2n) is 7.28. The quantitative estimate of drug-likeness (QED) is 0.189. The smallest absolute Gasteiger partial charge is 0.169 e. The zero-order chi connectivity index (χ0) is 22.8. The molecule has 0 saturated heterocycles. The summed E-state index contributed by atoms with van der Waals surface area (Å²) in [5.41, 5.74) is 1.41. The Morgan fingerprint density at radius 3 is 2.19 bits per heavy atom. The summed E-state index contributed by atoms with van der Waals surface area (Å²) >= 11 is 0. The molecule has 1 aliphatic heterocycles. The van der Waals surface area contributed by atoms with Gasteiger partial charge in [0.15, 0.2) is 29.1 Å². The van der Waals surface area contributed by atoms with E-state index in [1.54, 1.807) is 6.07 Å². The van der Waals surface area contributed by atoms with Crippen LogP contribution >= 0.6 is 0 Å². The molecule has 0 bridgehead atoms. The molecule has 1 aliphatic rings. The molecule has 0 aliphatic carbocycles. The van der Waals surface area contributed by atoms with Gasteiger partial charge in [0, 0.05) is 30.2 Å². The van der Waals surface area contributed by atoms with Gasteiger partial charge in [-0.15, -0.1) is 0 Å². The van der Waals surface area contributed by atoms with Crippen LogP contribution in [0.25, 0.3) is 0 Å². The number of fused-ring (bicyclic) bond motifs is 1. The van der Waals surface area contributed by atoms with Crippen molar-refractivity contribution in [2.75, 3.05) is 0 Å². The molecule has 0 amide bonds. The zero-order valence-electron chi connectivity index (χ0n) is 16.5. The molecule has 0 radical (unpaired) electrons. The number of benzene rings is 3. The number of rotatable bonds is 6. The molecule has 2 atom stereocenters. The third-order valence-corrected chi connectivity index (χ3v) is 5.11. The molecule has 1 heterocycles. The molecule has 0 unspecified atom stereocenters. The molecular weight excluding hydrogens is 424 g/mol. The highest BCUT2D eigenvalue weighted by atomic mass is 17.1. The van der Waals surface area contributed by atoms with Gasteiger partial charge in [0.25, 0.3) is 0 Å². The van der Waals surface area contributed by atoms with E-state index in [4.69, 9.17) is 20.0 Å². The average Bonchev–Trinajstić information content (AvgIpc) is 2.78. The van der Waals surface area contributed by atoms with Crippen LogP contribution < -0.4 is 14.5 Å². The van der Waals surface area contributed by atoms with E-state index in [0.29, 0.717) is 16.7 Å². The number of phenolic OH excluding ortho intramolecular Hbond substituents is 4. The first kappa shape index (κ1) is 21.4. The fourth-order valence-electron chi connectivity index (χ4n) is 3.62. The van der Waals surface area contributed by atoms with E-state index >= 15 is 0 Å². The predicted molar refractivity (Wildman–Crippen MR) is 108 cm³/mol. The van der Waals surface area contributed by atoms with E-state index in [1.165, 1.54) is 42.5 Å². The van der Waals surface area contributed by atoms with Gasteiger partial charge < -0.3 is 39.7 Å². The van der Waals surface area contributed by atoms with Crippen LogP contribution in [0.5, 0.6) is 40.2 Å². The third kappa shape index (κ3) is 4.28. The van der Waals surface area contributed by atoms with Crippen LogP contribution in [0.4, 0.5) is 0 Å². The van der Waals surface area contributed by atoms with Crippen LogP contribution in [0.1, 0.15) is 22.8 Å². The van der Waals surface area contributed by atoms with Crippen molar-refractivity contribution in [3.63, 3.8) is 0 Å². The number of hydrogen-bond donors (Lipinski definition) is 6. The number of aromatic hydroxyl groups is 4. The Kier molecular flexibility index (Phi) is 5.82. The standard InChI is InChI=1S/C22H20O10/c23-13-6-18(25)16-9-21(29-10-11-3-14(31-27)8-15(4-11)32-28)22(30-20(16)7-13)12-1-2-17(24)19(26)5-12/h1-8,21-28H,9-10H2/t21-,22+/m0/s1. The second-order valence-corrected chi connectivity index (χ2v) is 7.28. The summed E-state index contributed by atoms with van der Waals surface area (Å²) in [5, 5.41) is 57.4. The molecule has 168 valence electrons. The molecular formula is C22H20O10. The van der Waals surface area contributed by atoms with Gasteiger partial charge in [-0.1, -0.05) is 6.07 Å². The molecule has 10 heteroatoms. The highest BCUT2D eigenvalue weighted by Gasteiger charge is 2.34. The summed E-state index contributed by atoms with van der Waals surface area (Å²) in [6, 6.07) is 11.0. The SMILES string of the molecule is OOc1cc(CO[C@H]2Cc3c(O)cc(O)cc3O[C@@H]2c2ccc(O)c(O)c2)cc(OO)c1. The zero-order valence-corrected chi connectivity index (χ0v) is 16.5. The topological polar surface area (TPSA) is 158 Å². The normalized spacial score (nSPS) is 17.3. The molecule has 0 aromatic heterocycles. The fourth-order valence-corrected chi connectivity index (χ4v) is 3.62. The largest absolute Gasteiger partial charge is 0.508 e. The van der Waals surface area contributed by atoms with E-state index in [9.17, 15) is 20.4 Å². The minimum atomic E-state index is -0.763. The van der Waals surface area contributed by atoms with Crippen molar-refractivity contribution in [2.24, 2.45) is 0 Å². The first-order valence-electron chi connectivity index (χ1n) is 9.49. The maximum Gasteiger partial charge on any atom is 0.169 e. The van der Waals surface area contributed by atoms with Gasteiger partial charge >= 0.3 is 0 Å². The summed E-state index contributed by atoms with van der Waals surface area (Å²) in [6.45, 7) is -0.0175. The highest BCUT2D eigenvalue weighted by Crippen LogP contribution is 2.44. The van der Waals surface area contributed by atoms with Crippen molar-refractivity contribution < 1.29 is 50.2 Å². The van der Waals surface area contributed by atoms with E-state index in [0.717, 1.165) is 0 Å².